The molecule has 37 heavy (non-hydrogen) atoms. The number of nitrogens with zero attached hydrogens (tertiary/aromatic N) is 2. The Morgan fingerprint density at radius 3 is 1.78 bits per heavy atom. The lowest BCUT2D eigenvalue weighted by atomic mass is 9.82. The van der Waals surface area contributed by atoms with Crippen LogP contribution in [0.25, 0.3) is 0 Å². The van der Waals surface area contributed by atoms with Crippen molar-refractivity contribution in [3.05, 3.63) is 24.3 Å². The fraction of sp³-hybridized carbons (Fsp3) is 0.655. The van der Waals surface area contributed by atoms with Gasteiger partial charge in [0.15, 0.2) is 5.78 Å². The number of carbonyl (C=O) groups excluding carboxylic acids is 4. The van der Waals surface area contributed by atoms with Gasteiger partial charge in [0, 0.05) is 19.5 Å². The van der Waals surface area contributed by atoms with Crippen LogP contribution in [0.5, 0.6) is 0 Å². The van der Waals surface area contributed by atoms with E-state index in [2.05, 4.69) is 5.32 Å². The van der Waals surface area contributed by atoms with Crippen molar-refractivity contribution in [1.82, 2.24) is 5.32 Å². The number of benzene rings is 1. The van der Waals surface area contributed by atoms with Gasteiger partial charge >= 0.3 is 0 Å². The third-order valence-electron chi connectivity index (χ3n) is 7.33. The molecule has 8 nitrogen and oxygen atoms in total. The van der Waals surface area contributed by atoms with Crippen molar-refractivity contribution >= 4 is 34.9 Å². The Morgan fingerprint density at radius 2 is 1.38 bits per heavy atom. The minimum absolute atomic E-state index is 0.0649. The van der Waals surface area contributed by atoms with Crippen molar-refractivity contribution in [1.29, 1.82) is 0 Å². The molecule has 0 unspecified atom stereocenters. The predicted molar refractivity (Wildman–Crippen MR) is 146 cm³/mol. The highest BCUT2D eigenvalue weighted by molar-refractivity contribution is 6.37. The van der Waals surface area contributed by atoms with Gasteiger partial charge in [-0.25, -0.2) is 0 Å². The fourth-order valence-electron chi connectivity index (χ4n) is 5.45. The van der Waals surface area contributed by atoms with Crippen LogP contribution in [-0.2, 0) is 19.2 Å². The van der Waals surface area contributed by atoms with Gasteiger partial charge in [-0.2, -0.15) is 0 Å². The molecule has 1 aliphatic carbocycles. The van der Waals surface area contributed by atoms with Crippen LogP contribution in [0, 0.1) is 23.7 Å². The first-order valence-electron chi connectivity index (χ1n) is 13.7. The molecule has 1 atom stereocenters. The first-order valence-corrected chi connectivity index (χ1v) is 13.7. The van der Waals surface area contributed by atoms with Gasteiger partial charge in [-0.3, -0.25) is 19.2 Å². The highest BCUT2D eigenvalue weighted by Gasteiger charge is 2.58. The molecule has 204 valence electrons. The van der Waals surface area contributed by atoms with Crippen LogP contribution in [0.4, 0.5) is 11.4 Å². The van der Waals surface area contributed by atoms with E-state index >= 15 is 0 Å². The molecule has 0 bridgehead atoms. The summed E-state index contributed by atoms with van der Waals surface area (Å²) in [7, 11) is 0. The van der Waals surface area contributed by atoms with Crippen LogP contribution < -0.4 is 20.9 Å². The summed E-state index contributed by atoms with van der Waals surface area (Å²) in [6, 6.07) is 6.13. The summed E-state index contributed by atoms with van der Waals surface area (Å²) >= 11 is 0. The van der Waals surface area contributed by atoms with Gasteiger partial charge in [-0.1, -0.05) is 66.5 Å². The molecule has 0 saturated heterocycles. The van der Waals surface area contributed by atoms with Crippen molar-refractivity contribution in [3.63, 3.8) is 0 Å². The summed E-state index contributed by atoms with van der Waals surface area (Å²) in [6.07, 6.45) is 4.55. The Bertz CT molecular complexity index is 964. The molecular formula is C29H44N4O4. The van der Waals surface area contributed by atoms with Gasteiger partial charge < -0.3 is 20.9 Å². The van der Waals surface area contributed by atoms with E-state index in [4.69, 9.17) is 5.73 Å². The van der Waals surface area contributed by atoms with E-state index in [0.29, 0.717) is 36.8 Å². The number of para-hydroxylation sites is 2. The van der Waals surface area contributed by atoms with Crippen molar-refractivity contribution in [2.24, 2.45) is 29.4 Å². The number of Topliss-reactive ketones (excluding diaryl/α,β-unsaturated/α-hetero) is 1. The van der Waals surface area contributed by atoms with E-state index in [1.807, 2.05) is 39.8 Å². The summed E-state index contributed by atoms with van der Waals surface area (Å²) in [6.45, 7) is 12.0. The van der Waals surface area contributed by atoms with Crippen molar-refractivity contribution in [2.75, 3.05) is 22.9 Å². The summed E-state index contributed by atoms with van der Waals surface area (Å²) in [5, 5.41) is 2.85. The van der Waals surface area contributed by atoms with Gasteiger partial charge in [0.25, 0.3) is 11.8 Å². The Balaban J connectivity index is 2.06. The SMILES string of the molecule is CC(C)CN1C(=O)C(N)(C(=O)[C@@H](NC(=O)CC2CCCC2)C(C)C)C(=O)N(CC(C)C)c2ccccc21. The maximum absolute atomic E-state index is 14.2. The highest BCUT2D eigenvalue weighted by Crippen LogP contribution is 2.37. The van der Waals surface area contributed by atoms with E-state index in [0.717, 1.165) is 25.7 Å². The second kappa shape index (κ2) is 11.8. The lowest BCUT2D eigenvalue weighted by Gasteiger charge is -2.35. The van der Waals surface area contributed by atoms with E-state index in [1.165, 1.54) is 9.80 Å². The molecular weight excluding hydrogens is 468 g/mol. The zero-order valence-corrected chi connectivity index (χ0v) is 23.3. The summed E-state index contributed by atoms with van der Waals surface area (Å²) < 4.78 is 0. The standard InChI is InChI=1S/C29H44N4O4/c1-18(2)16-32-22-13-9-10-14-23(22)33(17-19(3)4)28(37)29(30,27(32)36)26(35)25(20(5)6)31-24(34)15-21-11-7-8-12-21/h9-10,13-14,18-21,25H,7-8,11-12,15-17,30H2,1-6H3,(H,31,34)/t25-/m0/s1. The molecule has 0 aromatic heterocycles. The topological polar surface area (TPSA) is 113 Å². The van der Waals surface area contributed by atoms with Gasteiger partial charge in [-0.05, 0) is 48.6 Å². The van der Waals surface area contributed by atoms with E-state index in [1.54, 1.807) is 26.0 Å². The zero-order chi connectivity index (χ0) is 27.5. The molecule has 1 aliphatic heterocycles. The smallest absolute Gasteiger partial charge is 0.264 e. The number of fused-ring (bicyclic) bond motifs is 1. The zero-order valence-electron chi connectivity index (χ0n) is 23.3. The predicted octanol–water partition coefficient (Wildman–Crippen LogP) is 3.67. The fourth-order valence-corrected chi connectivity index (χ4v) is 5.45. The lowest BCUT2D eigenvalue weighted by molar-refractivity contribution is -0.144. The number of anilines is 2. The number of nitrogens with one attached hydrogen (secondary N) is 1. The van der Waals surface area contributed by atoms with E-state index in [-0.39, 0.29) is 23.7 Å². The van der Waals surface area contributed by atoms with Crippen molar-refractivity contribution < 1.29 is 19.2 Å². The minimum Gasteiger partial charge on any atom is -0.346 e. The van der Waals surface area contributed by atoms with Gasteiger partial charge in [0.1, 0.15) is 0 Å². The molecule has 3 amide bonds. The largest absolute Gasteiger partial charge is 0.346 e. The molecule has 3 N–H and O–H groups in total. The third-order valence-corrected chi connectivity index (χ3v) is 7.33. The van der Waals surface area contributed by atoms with Crippen LogP contribution in [-0.4, -0.2) is 48.2 Å². The Labute approximate surface area is 221 Å². The monoisotopic (exact) mass is 512 g/mol. The second-order valence-corrected chi connectivity index (χ2v) is 11.9. The molecule has 2 aliphatic rings. The maximum atomic E-state index is 14.2. The molecule has 3 rings (SSSR count). The molecule has 8 heteroatoms. The second-order valence-electron chi connectivity index (χ2n) is 11.9. The van der Waals surface area contributed by atoms with Gasteiger partial charge in [0.2, 0.25) is 11.4 Å². The molecule has 1 heterocycles. The van der Waals surface area contributed by atoms with E-state index in [9.17, 15) is 19.2 Å². The molecule has 1 aromatic carbocycles. The van der Waals surface area contributed by atoms with Crippen LogP contribution in [0.3, 0.4) is 0 Å². The molecule has 1 fully saturated rings. The third kappa shape index (κ3) is 6.06. The van der Waals surface area contributed by atoms with Crippen molar-refractivity contribution in [3.8, 4) is 0 Å². The first-order chi connectivity index (χ1) is 17.4. The molecule has 1 saturated carbocycles. The van der Waals surface area contributed by atoms with Gasteiger partial charge in [0.05, 0.1) is 17.4 Å². The van der Waals surface area contributed by atoms with Crippen LogP contribution in [0.15, 0.2) is 24.3 Å². The average molecular weight is 513 g/mol. The normalized spacial score (nSPS) is 19.0. The first kappa shape index (κ1) is 28.8. The number of hydrogen-bond acceptors (Lipinski definition) is 5. The molecule has 0 spiro atoms. The van der Waals surface area contributed by atoms with Crippen LogP contribution in [0.1, 0.15) is 73.6 Å². The maximum Gasteiger partial charge on any atom is 0.264 e. The van der Waals surface area contributed by atoms with Crippen LogP contribution >= 0.6 is 0 Å². The molecule has 0 radical (unpaired) electrons. The summed E-state index contributed by atoms with van der Waals surface area (Å²) in [5.41, 5.74) is 5.35. The minimum atomic E-state index is -2.46. The van der Waals surface area contributed by atoms with Crippen molar-refractivity contribution in [2.45, 2.75) is 85.2 Å². The van der Waals surface area contributed by atoms with Gasteiger partial charge in [-0.15, -0.1) is 0 Å². The summed E-state index contributed by atoms with van der Waals surface area (Å²) in [5.74, 6) is -2.41. The molecule has 1 aromatic rings. The Hall–Kier alpha value is -2.74. The Morgan fingerprint density at radius 1 is 0.919 bits per heavy atom. The highest BCUT2D eigenvalue weighted by atomic mass is 16.2. The number of carbonyl (C=O) groups is 4. The number of amides is 3. The Kier molecular flexibility index (Phi) is 9.16. The number of hydrogen-bond donors (Lipinski definition) is 2. The lowest BCUT2D eigenvalue weighted by Crippen LogP contribution is -2.72. The summed E-state index contributed by atoms with van der Waals surface area (Å²) in [4.78, 5) is 58.4. The number of rotatable bonds is 10. The number of nitrogens with two attached hydrogens (primary N) is 1. The van der Waals surface area contributed by atoms with Crippen LogP contribution in [0.2, 0.25) is 0 Å². The number of ketones is 1. The van der Waals surface area contributed by atoms with E-state index < -0.39 is 29.2 Å². The average Bonchev–Trinajstić information content (AvgIpc) is 3.33. The quantitative estimate of drug-likeness (QED) is 0.465.